The van der Waals surface area contributed by atoms with Gasteiger partial charge in [-0.15, -0.1) is 0 Å². The van der Waals surface area contributed by atoms with Gasteiger partial charge in [-0.3, -0.25) is 4.79 Å². The van der Waals surface area contributed by atoms with E-state index in [0.29, 0.717) is 31.3 Å². The number of aliphatic hydroxyl groups is 2. The fourth-order valence-electron chi connectivity index (χ4n) is 4.99. The van der Waals surface area contributed by atoms with E-state index in [9.17, 15) is 19.8 Å². The molecule has 0 aromatic carbocycles. The van der Waals surface area contributed by atoms with Gasteiger partial charge < -0.3 is 19.7 Å². The largest absolute Gasteiger partial charge is 0.462 e. The van der Waals surface area contributed by atoms with E-state index in [2.05, 4.69) is 6.58 Å². The molecule has 0 spiro atoms. The Balaban J connectivity index is 2.09. The van der Waals surface area contributed by atoms with Crippen LogP contribution in [0.3, 0.4) is 0 Å². The Labute approximate surface area is 135 Å². The van der Waals surface area contributed by atoms with Gasteiger partial charge in [0.1, 0.15) is 12.2 Å². The van der Waals surface area contributed by atoms with Gasteiger partial charge in [0, 0.05) is 30.9 Å². The summed E-state index contributed by atoms with van der Waals surface area (Å²) in [6.45, 7) is 6.83. The Bertz CT molecular complexity index is 557. The third-order valence-electron chi connectivity index (χ3n) is 6.32. The monoisotopic (exact) mass is 324 g/mol. The van der Waals surface area contributed by atoms with E-state index in [1.807, 2.05) is 6.92 Å². The predicted molar refractivity (Wildman–Crippen MR) is 80.2 cm³/mol. The van der Waals surface area contributed by atoms with Crippen molar-refractivity contribution in [1.82, 2.24) is 0 Å². The maximum Gasteiger partial charge on any atom is 0.334 e. The molecule has 3 aliphatic rings. The minimum atomic E-state index is -1.24. The fourth-order valence-corrected chi connectivity index (χ4v) is 4.99. The quantitative estimate of drug-likeness (QED) is 0.580. The van der Waals surface area contributed by atoms with Crippen LogP contribution in [0.1, 0.15) is 39.5 Å². The van der Waals surface area contributed by atoms with Crippen molar-refractivity contribution in [2.24, 2.45) is 17.3 Å². The van der Waals surface area contributed by atoms with Gasteiger partial charge in [0.05, 0.1) is 11.0 Å². The molecule has 128 valence electrons. The number of fused-ring (bicyclic) bond motifs is 3. The van der Waals surface area contributed by atoms with Crippen LogP contribution in [0, 0.1) is 17.3 Å². The molecule has 1 saturated heterocycles. The van der Waals surface area contributed by atoms with Crippen LogP contribution in [0.2, 0.25) is 0 Å². The normalized spacial score (nSPS) is 45.9. The molecule has 3 fully saturated rings. The van der Waals surface area contributed by atoms with Crippen LogP contribution in [0.25, 0.3) is 0 Å². The second-order valence-corrected chi connectivity index (χ2v) is 7.26. The van der Waals surface area contributed by atoms with Crippen LogP contribution < -0.4 is 0 Å². The van der Waals surface area contributed by atoms with E-state index in [4.69, 9.17) is 9.47 Å². The molecular weight excluding hydrogens is 300 g/mol. The highest BCUT2D eigenvalue weighted by Gasteiger charge is 2.69. The van der Waals surface area contributed by atoms with E-state index < -0.39 is 35.2 Å². The number of aliphatic hydroxyl groups excluding tert-OH is 1. The first-order chi connectivity index (χ1) is 10.8. The molecule has 2 N–H and O–H groups in total. The van der Waals surface area contributed by atoms with Crippen LogP contribution in [-0.4, -0.2) is 46.6 Å². The molecule has 6 unspecified atom stereocenters. The first-order valence-electron chi connectivity index (χ1n) is 8.16. The van der Waals surface area contributed by atoms with E-state index in [0.717, 1.165) is 0 Å². The Kier molecular flexibility index (Phi) is 3.80. The SMILES string of the molecule is C=C1C(=O)OC2C1CCC(CO)C1(O)CCC(OC(C)=O)C21C. The van der Waals surface area contributed by atoms with Gasteiger partial charge in [0.2, 0.25) is 0 Å². The van der Waals surface area contributed by atoms with Gasteiger partial charge in [-0.25, -0.2) is 4.79 Å². The van der Waals surface area contributed by atoms with Crippen molar-refractivity contribution in [2.45, 2.75) is 57.3 Å². The maximum atomic E-state index is 12.0. The van der Waals surface area contributed by atoms with Crippen molar-refractivity contribution >= 4 is 11.9 Å². The molecule has 6 atom stereocenters. The highest BCUT2D eigenvalue weighted by molar-refractivity contribution is 5.91. The summed E-state index contributed by atoms with van der Waals surface area (Å²) in [5, 5.41) is 21.2. The summed E-state index contributed by atoms with van der Waals surface area (Å²) < 4.78 is 11.0. The van der Waals surface area contributed by atoms with Crippen molar-refractivity contribution in [1.29, 1.82) is 0 Å². The molecule has 23 heavy (non-hydrogen) atoms. The molecule has 0 aromatic heterocycles. The summed E-state index contributed by atoms with van der Waals surface area (Å²) in [5.41, 5.74) is -1.79. The Hall–Kier alpha value is -1.40. The smallest absolute Gasteiger partial charge is 0.334 e. The minimum absolute atomic E-state index is 0.154. The average molecular weight is 324 g/mol. The molecule has 0 amide bonds. The van der Waals surface area contributed by atoms with Crippen molar-refractivity contribution < 1.29 is 29.3 Å². The average Bonchev–Trinajstić information content (AvgIpc) is 2.88. The zero-order valence-electron chi connectivity index (χ0n) is 13.6. The van der Waals surface area contributed by atoms with E-state index in [1.165, 1.54) is 6.92 Å². The Morgan fingerprint density at radius 1 is 1.43 bits per heavy atom. The van der Waals surface area contributed by atoms with Gasteiger partial charge >= 0.3 is 11.9 Å². The molecular formula is C17H24O6. The van der Waals surface area contributed by atoms with Crippen LogP contribution in [0.4, 0.5) is 0 Å². The number of ether oxygens (including phenoxy) is 2. The summed E-state index contributed by atoms with van der Waals surface area (Å²) in [6.07, 6.45) is 0.937. The second-order valence-electron chi connectivity index (χ2n) is 7.26. The van der Waals surface area contributed by atoms with Crippen LogP contribution in [-0.2, 0) is 19.1 Å². The molecule has 0 bridgehead atoms. The van der Waals surface area contributed by atoms with E-state index in [1.54, 1.807) is 0 Å². The highest BCUT2D eigenvalue weighted by atomic mass is 16.6. The van der Waals surface area contributed by atoms with Gasteiger partial charge in [0.15, 0.2) is 0 Å². The molecule has 2 saturated carbocycles. The summed E-state index contributed by atoms with van der Waals surface area (Å²) >= 11 is 0. The zero-order valence-corrected chi connectivity index (χ0v) is 13.6. The van der Waals surface area contributed by atoms with Crippen LogP contribution in [0.5, 0.6) is 0 Å². The van der Waals surface area contributed by atoms with Gasteiger partial charge in [-0.05, 0) is 32.6 Å². The lowest BCUT2D eigenvalue weighted by molar-refractivity contribution is -0.198. The molecule has 0 aromatic rings. The number of carbonyl (C=O) groups is 2. The molecule has 6 nitrogen and oxygen atoms in total. The first-order valence-corrected chi connectivity index (χ1v) is 8.16. The van der Waals surface area contributed by atoms with Gasteiger partial charge in [0.25, 0.3) is 0 Å². The third kappa shape index (κ3) is 2.08. The molecule has 1 aliphatic heterocycles. The minimum Gasteiger partial charge on any atom is -0.462 e. The third-order valence-corrected chi connectivity index (χ3v) is 6.32. The second kappa shape index (κ2) is 5.31. The first kappa shape index (κ1) is 16.5. The number of hydrogen-bond donors (Lipinski definition) is 2. The summed E-state index contributed by atoms with van der Waals surface area (Å²) in [5.74, 6) is -1.43. The standard InChI is InChI=1S/C17H24O6/c1-9-12-5-4-11(8-18)17(21)7-6-13(22-10(2)19)16(17,3)14(12)23-15(9)20/h11-14,18,21H,1,4-8H2,2-3H3. The van der Waals surface area contributed by atoms with Crippen molar-refractivity contribution in [3.05, 3.63) is 12.2 Å². The van der Waals surface area contributed by atoms with Crippen LogP contribution >= 0.6 is 0 Å². The van der Waals surface area contributed by atoms with E-state index in [-0.39, 0.29) is 18.4 Å². The lowest BCUT2D eigenvalue weighted by Crippen LogP contribution is -2.59. The molecule has 6 heteroatoms. The fraction of sp³-hybridized carbons (Fsp3) is 0.765. The number of esters is 2. The summed E-state index contributed by atoms with van der Waals surface area (Å²) in [4.78, 5) is 23.5. The molecule has 3 rings (SSSR count). The molecule has 1 heterocycles. The predicted octanol–water partition coefficient (Wildman–Crippen LogP) is 0.949. The summed E-state index contributed by atoms with van der Waals surface area (Å²) in [6, 6.07) is 0. The Morgan fingerprint density at radius 2 is 2.13 bits per heavy atom. The molecule has 0 radical (unpaired) electrons. The van der Waals surface area contributed by atoms with Gasteiger partial charge in [-0.2, -0.15) is 0 Å². The lowest BCUT2D eigenvalue weighted by Gasteiger charge is -2.47. The number of rotatable bonds is 2. The van der Waals surface area contributed by atoms with E-state index >= 15 is 0 Å². The topological polar surface area (TPSA) is 93.1 Å². The lowest BCUT2D eigenvalue weighted by atomic mass is 9.64. The van der Waals surface area contributed by atoms with Crippen molar-refractivity contribution in [3.8, 4) is 0 Å². The molecule has 2 aliphatic carbocycles. The van der Waals surface area contributed by atoms with Crippen molar-refractivity contribution in [3.63, 3.8) is 0 Å². The van der Waals surface area contributed by atoms with Crippen molar-refractivity contribution in [2.75, 3.05) is 6.61 Å². The number of carbonyl (C=O) groups excluding carboxylic acids is 2. The zero-order chi connectivity index (χ0) is 17.0. The number of hydrogen-bond acceptors (Lipinski definition) is 6. The highest BCUT2D eigenvalue weighted by Crippen LogP contribution is 2.61. The van der Waals surface area contributed by atoms with Gasteiger partial charge in [-0.1, -0.05) is 6.58 Å². The summed E-state index contributed by atoms with van der Waals surface area (Å²) in [7, 11) is 0. The van der Waals surface area contributed by atoms with Crippen LogP contribution in [0.15, 0.2) is 12.2 Å². The Morgan fingerprint density at radius 3 is 2.74 bits per heavy atom. The maximum absolute atomic E-state index is 12.0.